The number of imidazole rings is 1. The molecule has 1 amide bonds. The van der Waals surface area contributed by atoms with E-state index in [1.807, 2.05) is 17.8 Å². The number of anilines is 1. The zero-order valence-electron chi connectivity index (χ0n) is 9.85. The molecular formula is C12H13BrN4O. The third-order valence-electron chi connectivity index (χ3n) is 2.59. The number of halogens is 1. The van der Waals surface area contributed by atoms with Crippen LogP contribution in [0.15, 0.2) is 35.1 Å². The number of nitrogens with one attached hydrogen (secondary N) is 1. The highest BCUT2D eigenvalue weighted by molar-refractivity contribution is 9.10. The average molecular weight is 309 g/mol. The minimum absolute atomic E-state index is 0.154. The summed E-state index contributed by atoms with van der Waals surface area (Å²) in [5.41, 5.74) is 6.84. The third-order valence-corrected chi connectivity index (χ3v) is 3.28. The monoisotopic (exact) mass is 308 g/mol. The molecule has 0 aliphatic carbocycles. The summed E-state index contributed by atoms with van der Waals surface area (Å²) < 4.78 is 2.58. The molecular weight excluding hydrogens is 296 g/mol. The molecule has 1 heterocycles. The van der Waals surface area contributed by atoms with Gasteiger partial charge in [-0.25, -0.2) is 4.98 Å². The quantitative estimate of drug-likeness (QED) is 0.848. The Hall–Kier alpha value is -1.82. The second kappa shape index (κ2) is 5.22. The Kier molecular flexibility index (Phi) is 3.66. The molecule has 1 aromatic carbocycles. The molecule has 0 spiro atoms. The van der Waals surface area contributed by atoms with Crippen molar-refractivity contribution in [1.29, 1.82) is 0 Å². The predicted octanol–water partition coefficient (Wildman–Crippen LogP) is 1.69. The first-order chi connectivity index (χ1) is 8.58. The summed E-state index contributed by atoms with van der Waals surface area (Å²) in [5, 5.41) is 2.80. The Labute approximate surface area is 113 Å². The van der Waals surface area contributed by atoms with Gasteiger partial charge in [-0.05, 0) is 34.1 Å². The van der Waals surface area contributed by atoms with Crippen LogP contribution in [0.2, 0.25) is 0 Å². The van der Waals surface area contributed by atoms with E-state index < -0.39 is 0 Å². The summed E-state index contributed by atoms with van der Waals surface area (Å²) in [6.07, 6.45) is 3.53. The molecule has 94 valence electrons. The van der Waals surface area contributed by atoms with Crippen LogP contribution in [0, 0.1) is 0 Å². The normalized spacial score (nSPS) is 10.3. The maximum Gasteiger partial charge on any atom is 0.251 e. The summed E-state index contributed by atoms with van der Waals surface area (Å²) in [6, 6.07) is 5.08. The zero-order chi connectivity index (χ0) is 13.1. The topological polar surface area (TPSA) is 72.9 Å². The van der Waals surface area contributed by atoms with Crippen LogP contribution in [0.3, 0.4) is 0 Å². The molecule has 0 atom stereocenters. The fourth-order valence-electron chi connectivity index (χ4n) is 1.50. The number of hydrogen-bond donors (Lipinski definition) is 2. The maximum absolute atomic E-state index is 11.9. The summed E-state index contributed by atoms with van der Waals surface area (Å²) in [7, 11) is 1.88. The van der Waals surface area contributed by atoms with Crippen LogP contribution in [0.25, 0.3) is 0 Å². The van der Waals surface area contributed by atoms with Gasteiger partial charge in [-0.2, -0.15) is 0 Å². The molecule has 0 radical (unpaired) electrons. The van der Waals surface area contributed by atoms with Crippen molar-refractivity contribution in [1.82, 2.24) is 14.9 Å². The highest BCUT2D eigenvalue weighted by Gasteiger charge is 2.08. The summed E-state index contributed by atoms with van der Waals surface area (Å²) in [5.74, 6) is 0.650. The van der Waals surface area contributed by atoms with Crippen LogP contribution in [0.1, 0.15) is 16.2 Å². The number of hydrogen-bond acceptors (Lipinski definition) is 3. The van der Waals surface area contributed by atoms with Gasteiger partial charge in [0.2, 0.25) is 0 Å². The molecule has 6 heteroatoms. The predicted molar refractivity (Wildman–Crippen MR) is 72.9 cm³/mol. The molecule has 0 saturated heterocycles. The summed E-state index contributed by atoms with van der Waals surface area (Å²) in [6.45, 7) is 0.393. The van der Waals surface area contributed by atoms with E-state index in [0.29, 0.717) is 22.3 Å². The maximum atomic E-state index is 11.9. The first-order valence-electron chi connectivity index (χ1n) is 5.37. The van der Waals surface area contributed by atoms with Gasteiger partial charge in [0.05, 0.1) is 6.54 Å². The van der Waals surface area contributed by atoms with E-state index in [0.717, 1.165) is 5.82 Å². The number of benzene rings is 1. The minimum Gasteiger partial charge on any atom is -0.398 e. The third kappa shape index (κ3) is 2.70. The number of carbonyl (C=O) groups excluding carboxylic acids is 1. The smallest absolute Gasteiger partial charge is 0.251 e. The van der Waals surface area contributed by atoms with Gasteiger partial charge in [-0.15, -0.1) is 0 Å². The Morgan fingerprint density at radius 1 is 1.56 bits per heavy atom. The number of amides is 1. The standard InChI is InChI=1S/C12H13BrN4O/c1-17-5-4-15-11(17)7-16-12(18)8-2-3-10(14)9(13)6-8/h2-6H,7,14H2,1H3,(H,16,18). The van der Waals surface area contributed by atoms with E-state index in [9.17, 15) is 4.79 Å². The average Bonchev–Trinajstić information content (AvgIpc) is 2.75. The Balaban J connectivity index is 2.04. The van der Waals surface area contributed by atoms with Crippen molar-refractivity contribution in [3.63, 3.8) is 0 Å². The second-order valence-electron chi connectivity index (χ2n) is 3.87. The molecule has 0 aliphatic rings. The van der Waals surface area contributed by atoms with Crippen molar-refractivity contribution < 1.29 is 4.79 Å². The van der Waals surface area contributed by atoms with Gasteiger partial charge >= 0.3 is 0 Å². The van der Waals surface area contributed by atoms with Crippen molar-refractivity contribution in [2.75, 3.05) is 5.73 Å². The largest absolute Gasteiger partial charge is 0.398 e. The fraction of sp³-hybridized carbons (Fsp3) is 0.167. The molecule has 5 nitrogen and oxygen atoms in total. The number of nitrogens with zero attached hydrogens (tertiary/aromatic N) is 2. The molecule has 18 heavy (non-hydrogen) atoms. The molecule has 2 rings (SSSR count). The second-order valence-corrected chi connectivity index (χ2v) is 4.73. The van der Waals surface area contributed by atoms with E-state index in [1.165, 1.54) is 0 Å². The number of rotatable bonds is 3. The Morgan fingerprint density at radius 3 is 2.94 bits per heavy atom. The van der Waals surface area contributed by atoms with Gasteiger partial charge in [0.1, 0.15) is 5.82 Å². The van der Waals surface area contributed by atoms with Gasteiger partial charge in [0.25, 0.3) is 5.91 Å². The number of aryl methyl sites for hydroxylation is 1. The van der Waals surface area contributed by atoms with Crippen LogP contribution in [0.5, 0.6) is 0 Å². The fourth-order valence-corrected chi connectivity index (χ4v) is 1.88. The van der Waals surface area contributed by atoms with Gasteiger partial charge in [0.15, 0.2) is 0 Å². The molecule has 3 N–H and O–H groups in total. The van der Waals surface area contributed by atoms with Gasteiger partial charge < -0.3 is 15.6 Å². The van der Waals surface area contributed by atoms with Crippen LogP contribution >= 0.6 is 15.9 Å². The van der Waals surface area contributed by atoms with E-state index in [-0.39, 0.29) is 5.91 Å². The lowest BCUT2D eigenvalue weighted by Crippen LogP contribution is -2.24. The summed E-state index contributed by atoms with van der Waals surface area (Å²) >= 11 is 3.29. The number of aromatic nitrogens is 2. The number of nitrogens with two attached hydrogens (primary N) is 1. The molecule has 2 aromatic rings. The van der Waals surface area contributed by atoms with Gasteiger partial charge in [-0.1, -0.05) is 0 Å². The SMILES string of the molecule is Cn1ccnc1CNC(=O)c1ccc(N)c(Br)c1. The van der Waals surface area contributed by atoms with E-state index in [1.54, 1.807) is 24.4 Å². The first-order valence-corrected chi connectivity index (χ1v) is 6.16. The van der Waals surface area contributed by atoms with E-state index >= 15 is 0 Å². The van der Waals surface area contributed by atoms with Crippen molar-refractivity contribution in [3.8, 4) is 0 Å². The highest BCUT2D eigenvalue weighted by atomic mass is 79.9. The van der Waals surface area contributed by atoms with Crippen LogP contribution in [-0.2, 0) is 13.6 Å². The minimum atomic E-state index is -0.154. The van der Waals surface area contributed by atoms with Gasteiger partial charge in [0, 0.05) is 35.2 Å². The zero-order valence-corrected chi connectivity index (χ0v) is 11.4. The van der Waals surface area contributed by atoms with Crippen molar-refractivity contribution in [2.45, 2.75) is 6.54 Å². The first kappa shape index (κ1) is 12.6. The number of nitrogen functional groups attached to an aromatic ring is 1. The lowest BCUT2D eigenvalue weighted by Gasteiger charge is -2.06. The lowest BCUT2D eigenvalue weighted by atomic mass is 10.2. The lowest BCUT2D eigenvalue weighted by molar-refractivity contribution is 0.0949. The highest BCUT2D eigenvalue weighted by Crippen LogP contribution is 2.20. The summed E-state index contributed by atoms with van der Waals surface area (Å²) in [4.78, 5) is 16.0. The van der Waals surface area contributed by atoms with Crippen LogP contribution < -0.4 is 11.1 Å². The molecule has 1 aromatic heterocycles. The van der Waals surface area contributed by atoms with Crippen molar-refractivity contribution in [3.05, 3.63) is 46.5 Å². The number of carbonyl (C=O) groups is 1. The van der Waals surface area contributed by atoms with Gasteiger partial charge in [-0.3, -0.25) is 4.79 Å². The molecule has 0 bridgehead atoms. The van der Waals surface area contributed by atoms with E-state index in [4.69, 9.17) is 5.73 Å². The van der Waals surface area contributed by atoms with Crippen molar-refractivity contribution >= 4 is 27.5 Å². The molecule has 0 unspecified atom stereocenters. The molecule has 0 fully saturated rings. The Morgan fingerprint density at radius 2 is 2.33 bits per heavy atom. The van der Waals surface area contributed by atoms with E-state index in [2.05, 4.69) is 26.2 Å². The molecule has 0 saturated carbocycles. The van der Waals surface area contributed by atoms with Crippen molar-refractivity contribution in [2.24, 2.45) is 7.05 Å². The Bertz CT molecular complexity index is 579. The van der Waals surface area contributed by atoms with Crippen LogP contribution in [-0.4, -0.2) is 15.5 Å². The van der Waals surface area contributed by atoms with Crippen LogP contribution in [0.4, 0.5) is 5.69 Å². The molecule has 0 aliphatic heterocycles.